The first-order chi connectivity index (χ1) is 10.0. The molecule has 0 aliphatic carbocycles. The van der Waals surface area contributed by atoms with Crippen molar-refractivity contribution in [2.24, 2.45) is 0 Å². The molecule has 6 nitrogen and oxygen atoms in total. The first-order valence-corrected chi connectivity index (χ1v) is 8.20. The monoisotopic (exact) mass is 309 g/mol. The van der Waals surface area contributed by atoms with Crippen LogP contribution in [0.2, 0.25) is 0 Å². The summed E-state index contributed by atoms with van der Waals surface area (Å²) in [4.78, 5) is 0.254. The fourth-order valence-corrected chi connectivity index (χ4v) is 2.90. The molecule has 0 fully saturated rings. The summed E-state index contributed by atoms with van der Waals surface area (Å²) in [6.07, 6.45) is 1.41. The number of sulfonamides is 1. The first kappa shape index (κ1) is 15.7. The summed E-state index contributed by atoms with van der Waals surface area (Å²) in [6.45, 7) is 5.56. The van der Waals surface area contributed by atoms with Crippen LogP contribution in [0.15, 0.2) is 39.9 Å². The zero-order valence-electron chi connectivity index (χ0n) is 12.1. The lowest BCUT2D eigenvalue weighted by molar-refractivity contribution is 0.411. The van der Waals surface area contributed by atoms with E-state index in [2.05, 4.69) is 19.7 Å². The van der Waals surface area contributed by atoms with E-state index in [1.54, 1.807) is 18.2 Å². The summed E-state index contributed by atoms with van der Waals surface area (Å²) in [6, 6.07) is 6.74. The minimum atomic E-state index is -3.56. The van der Waals surface area contributed by atoms with E-state index in [9.17, 15) is 8.42 Å². The predicted molar refractivity (Wildman–Crippen MR) is 79.1 cm³/mol. The molecule has 0 aliphatic rings. The van der Waals surface area contributed by atoms with Crippen LogP contribution >= 0.6 is 0 Å². The molecule has 7 heteroatoms. The van der Waals surface area contributed by atoms with Gasteiger partial charge in [-0.2, -0.15) is 0 Å². The topological polar surface area (TPSA) is 84.2 Å². The number of nitrogens with one attached hydrogen (secondary N) is 2. The molecular formula is C14H19N3O3S. The van der Waals surface area contributed by atoms with Crippen LogP contribution in [0, 0.1) is 6.92 Å². The van der Waals surface area contributed by atoms with Crippen LogP contribution in [0.5, 0.6) is 0 Å². The van der Waals surface area contributed by atoms with Gasteiger partial charge in [-0.1, -0.05) is 18.1 Å². The van der Waals surface area contributed by atoms with Crippen LogP contribution in [0.1, 0.15) is 23.7 Å². The van der Waals surface area contributed by atoms with E-state index in [-0.39, 0.29) is 11.4 Å². The lowest BCUT2D eigenvalue weighted by atomic mass is 10.1. The maximum Gasteiger partial charge on any atom is 0.240 e. The van der Waals surface area contributed by atoms with E-state index in [1.807, 2.05) is 19.9 Å². The summed E-state index contributed by atoms with van der Waals surface area (Å²) in [5.74, 6) is 0. The van der Waals surface area contributed by atoms with Gasteiger partial charge < -0.3 is 9.84 Å². The number of nitrogens with zero attached hydrogens (tertiary/aromatic N) is 1. The molecule has 0 radical (unpaired) electrons. The van der Waals surface area contributed by atoms with Gasteiger partial charge in [-0.05, 0) is 36.7 Å². The smallest absolute Gasteiger partial charge is 0.240 e. The van der Waals surface area contributed by atoms with Crippen molar-refractivity contribution in [3.63, 3.8) is 0 Å². The summed E-state index contributed by atoms with van der Waals surface area (Å²) in [7, 11) is -3.56. The lowest BCUT2D eigenvalue weighted by Crippen LogP contribution is -2.24. The average Bonchev–Trinajstić information content (AvgIpc) is 2.97. The Labute approximate surface area is 124 Å². The van der Waals surface area contributed by atoms with Crippen LogP contribution in [-0.4, -0.2) is 20.1 Å². The highest BCUT2D eigenvalue weighted by molar-refractivity contribution is 7.89. The van der Waals surface area contributed by atoms with Crippen molar-refractivity contribution in [3.05, 3.63) is 47.3 Å². The van der Waals surface area contributed by atoms with Crippen molar-refractivity contribution in [2.75, 3.05) is 6.54 Å². The molecule has 21 heavy (non-hydrogen) atoms. The SMILES string of the molecule is CCNCc1cc(S(=O)(=O)NCc2ccon2)ccc1C. The second-order valence-corrected chi connectivity index (χ2v) is 6.45. The zero-order chi connectivity index (χ0) is 15.3. The van der Waals surface area contributed by atoms with E-state index in [0.29, 0.717) is 12.2 Å². The Hall–Kier alpha value is -1.70. The minimum Gasteiger partial charge on any atom is -0.364 e. The Bertz CT molecular complexity index is 681. The fourth-order valence-electron chi connectivity index (χ4n) is 1.85. The fraction of sp³-hybridized carbons (Fsp3) is 0.357. The summed E-state index contributed by atoms with van der Waals surface area (Å²) >= 11 is 0. The minimum absolute atomic E-state index is 0.106. The molecule has 1 heterocycles. The molecule has 1 aromatic carbocycles. The zero-order valence-corrected chi connectivity index (χ0v) is 12.9. The van der Waals surface area contributed by atoms with Gasteiger partial charge in [0.05, 0.1) is 17.1 Å². The van der Waals surface area contributed by atoms with Crippen molar-refractivity contribution in [1.82, 2.24) is 15.2 Å². The molecule has 114 valence electrons. The average molecular weight is 309 g/mol. The van der Waals surface area contributed by atoms with E-state index in [1.165, 1.54) is 6.26 Å². The molecule has 0 bridgehead atoms. The van der Waals surface area contributed by atoms with E-state index in [4.69, 9.17) is 0 Å². The van der Waals surface area contributed by atoms with Gasteiger partial charge in [0.15, 0.2) is 0 Å². The van der Waals surface area contributed by atoms with Crippen LogP contribution in [0.4, 0.5) is 0 Å². The number of aryl methyl sites for hydroxylation is 1. The predicted octanol–water partition coefficient (Wildman–Crippen LogP) is 1.57. The summed E-state index contributed by atoms with van der Waals surface area (Å²) < 4.78 is 31.7. The molecule has 0 amide bonds. The highest BCUT2D eigenvalue weighted by atomic mass is 32.2. The maximum atomic E-state index is 12.3. The molecular weight excluding hydrogens is 290 g/mol. The Morgan fingerprint density at radius 1 is 1.24 bits per heavy atom. The Balaban J connectivity index is 2.15. The van der Waals surface area contributed by atoms with Gasteiger partial charge in [-0.15, -0.1) is 0 Å². The standard InChI is InChI=1S/C14H19N3O3S/c1-3-15-9-12-8-14(5-4-11(12)2)21(18,19)16-10-13-6-7-20-17-13/h4-8,15-16H,3,9-10H2,1-2H3. The number of rotatable bonds is 7. The highest BCUT2D eigenvalue weighted by Gasteiger charge is 2.15. The number of benzene rings is 1. The van der Waals surface area contributed by atoms with E-state index < -0.39 is 10.0 Å². The number of hydrogen-bond acceptors (Lipinski definition) is 5. The Morgan fingerprint density at radius 3 is 2.71 bits per heavy atom. The van der Waals surface area contributed by atoms with Gasteiger partial charge in [0.2, 0.25) is 10.0 Å². The number of aromatic nitrogens is 1. The molecule has 0 spiro atoms. The number of hydrogen-bond donors (Lipinski definition) is 2. The summed E-state index contributed by atoms with van der Waals surface area (Å²) in [5, 5.41) is 6.87. The van der Waals surface area contributed by atoms with Gasteiger partial charge in [0, 0.05) is 12.6 Å². The third-order valence-electron chi connectivity index (χ3n) is 3.13. The third-order valence-corrected chi connectivity index (χ3v) is 4.53. The molecule has 0 saturated heterocycles. The maximum absolute atomic E-state index is 12.3. The van der Waals surface area contributed by atoms with Gasteiger partial charge in [0.25, 0.3) is 0 Å². The van der Waals surface area contributed by atoms with Gasteiger partial charge in [-0.25, -0.2) is 13.1 Å². The van der Waals surface area contributed by atoms with Crippen molar-refractivity contribution < 1.29 is 12.9 Å². The second kappa shape index (κ2) is 6.84. The van der Waals surface area contributed by atoms with Crippen molar-refractivity contribution >= 4 is 10.0 Å². The highest BCUT2D eigenvalue weighted by Crippen LogP contribution is 2.16. The van der Waals surface area contributed by atoms with Gasteiger partial charge >= 0.3 is 0 Å². The summed E-state index contributed by atoms with van der Waals surface area (Å²) in [5.41, 5.74) is 2.58. The molecule has 0 saturated carbocycles. The van der Waals surface area contributed by atoms with Gasteiger partial charge in [-0.3, -0.25) is 0 Å². The van der Waals surface area contributed by atoms with E-state index in [0.717, 1.165) is 17.7 Å². The molecule has 2 rings (SSSR count). The van der Waals surface area contributed by atoms with Crippen LogP contribution in [-0.2, 0) is 23.1 Å². The quantitative estimate of drug-likeness (QED) is 0.811. The van der Waals surface area contributed by atoms with Crippen molar-refractivity contribution in [2.45, 2.75) is 31.8 Å². The first-order valence-electron chi connectivity index (χ1n) is 6.72. The van der Waals surface area contributed by atoms with Crippen molar-refractivity contribution in [1.29, 1.82) is 0 Å². The van der Waals surface area contributed by atoms with Crippen LogP contribution in [0.3, 0.4) is 0 Å². The molecule has 0 aliphatic heterocycles. The molecule has 0 atom stereocenters. The normalized spacial score (nSPS) is 11.7. The Morgan fingerprint density at radius 2 is 2.05 bits per heavy atom. The molecule has 0 unspecified atom stereocenters. The molecule has 2 aromatic rings. The third kappa shape index (κ3) is 4.13. The lowest BCUT2D eigenvalue weighted by Gasteiger charge is -2.10. The Kier molecular flexibility index (Phi) is 5.11. The van der Waals surface area contributed by atoms with Crippen molar-refractivity contribution in [3.8, 4) is 0 Å². The van der Waals surface area contributed by atoms with Gasteiger partial charge in [0.1, 0.15) is 6.26 Å². The van der Waals surface area contributed by atoms with Crippen LogP contribution < -0.4 is 10.0 Å². The molecule has 2 N–H and O–H groups in total. The largest absolute Gasteiger partial charge is 0.364 e. The van der Waals surface area contributed by atoms with E-state index >= 15 is 0 Å². The van der Waals surface area contributed by atoms with Crippen LogP contribution in [0.25, 0.3) is 0 Å². The second-order valence-electron chi connectivity index (χ2n) is 4.68. The molecule has 1 aromatic heterocycles.